The number of sulfonamides is 1. The summed E-state index contributed by atoms with van der Waals surface area (Å²) in [5, 5.41) is 3.01. The third-order valence-electron chi connectivity index (χ3n) is 6.74. The van der Waals surface area contributed by atoms with Crippen LogP contribution in [-0.4, -0.2) is 41.7 Å². The van der Waals surface area contributed by atoms with Crippen molar-refractivity contribution in [3.05, 3.63) is 53.9 Å². The molecule has 2 aliphatic rings. The van der Waals surface area contributed by atoms with Crippen molar-refractivity contribution in [2.75, 3.05) is 18.4 Å². The van der Waals surface area contributed by atoms with Gasteiger partial charge in [-0.2, -0.15) is 4.31 Å². The van der Waals surface area contributed by atoms with E-state index in [1.54, 1.807) is 24.3 Å². The molecule has 7 nitrogen and oxygen atoms in total. The van der Waals surface area contributed by atoms with Gasteiger partial charge in [0.2, 0.25) is 15.9 Å². The number of benzene rings is 2. The van der Waals surface area contributed by atoms with Crippen LogP contribution in [0.2, 0.25) is 0 Å². The lowest BCUT2D eigenvalue weighted by molar-refractivity contribution is -0.120. The minimum Gasteiger partial charge on any atom is -0.342 e. The number of hydrogen-bond acceptors (Lipinski definition) is 4. The van der Waals surface area contributed by atoms with Crippen LogP contribution in [0.1, 0.15) is 49.4 Å². The fourth-order valence-corrected chi connectivity index (χ4v) is 5.91. The van der Waals surface area contributed by atoms with E-state index in [4.69, 9.17) is 0 Å². The molecule has 1 aliphatic heterocycles. The van der Waals surface area contributed by atoms with E-state index < -0.39 is 10.0 Å². The van der Waals surface area contributed by atoms with Gasteiger partial charge >= 0.3 is 0 Å². The first-order valence-electron chi connectivity index (χ1n) is 11.3. The number of carbonyl (C=O) groups excluding carboxylic acids is 1. The average molecular weight is 453 g/mol. The molecule has 32 heavy (non-hydrogen) atoms. The summed E-state index contributed by atoms with van der Waals surface area (Å²) < 4.78 is 27.3. The van der Waals surface area contributed by atoms with Crippen LogP contribution >= 0.6 is 0 Å². The summed E-state index contributed by atoms with van der Waals surface area (Å²) in [4.78, 5) is 21.2. The molecule has 0 unspecified atom stereocenters. The van der Waals surface area contributed by atoms with Crippen LogP contribution in [0.25, 0.3) is 11.0 Å². The molecular weight excluding hydrogens is 424 g/mol. The Hall–Kier alpha value is -2.71. The lowest BCUT2D eigenvalue weighted by Crippen LogP contribution is -2.41. The number of hydrogen-bond donors (Lipinski definition) is 2. The SMILES string of the molecule is Cc1ccc(S(=O)(=O)N2CCC(C(=O)Nc3ccc4nc(C5CCC5)[nH]c4c3)CC2)cc1. The maximum Gasteiger partial charge on any atom is 0.243 e. The first-order chi connectivity index (χ1) is 15.4. The first kappa shape index (κ1) is 21.2. The van der Waals surface area contributed by atoms with Gasteiger partial charge in [-0.15, -0.1) is 0 Å². The lowest BCUT2D eigenvalue weighted by atomic mass is 9.85. The van der Waals surface area contributed by atoms with Gasteiger partial charge in [0.1, 0.15) is 5.82 Å². The highest BCUT2D eigenvalue weighted by atomic mass is 32.2. The zero-order chi connectivity index (χ0) is 22.3. The van der Waals surface area contributed by atoms with Crippen LogP contribution in [0.5, 0.6) is 0 Å². The van der Waals surface area contributed by atoms with Gasteiger partial charge in [-0.05, 0) is 62.9 Å². The fraction of sp³-hybridized carbons (Fsp3) is 0.417. The molecule has 1 aliphatic carbocycles. The molecule has 1 saturated heterocycles. The molecule has 0 atom stereocenters. The molecule has 2 aromatic carbocycles. The fourth-order valence-electron chi connectivity index (χ4n) is 4.44. The van der Waals surface area contributed by atoms with E-state index in [1.165, 1.54) is 23.6 Å². The molecule has 8 heteroatoms. The van der Waals surface area contributed by atoms with Crippen molar-refractivity contribution in [3.63, 3.8) is 0 Å². The summed E-state index contributed by atoms with van der Waals surface area (Å²) in [6, 6.07) is 12.6. The van der Waals surface area contributed by atoms with E-state index in [9.17, 15) is 13.2 Å². The van der Waals surface area contributed by atoms with Gasteiger partial charge in [0.05, 0.1) is 15.9 Å². The third kappa shape index (κ3) is 4.04. The van der Waals surface area contributed by atoms with Gasteiger partial charge in [0.15, 0.2) is 0 Å². The van der Waals surface area contributed by atoms with Crippen LogP contribution in [0.3, 0.4) is 0 Å². The van der Waals surface area contributed by atoms with Crippen molar-refractivity contribution in [1.29, 1.82) is 0 Å². The molecule has 0 bridgehead atoms. The number of carbonyl (C=O) groups is 1. The molecule has 5 rings (SSSR count). The summed E-state index contributed by atoms with van der Waals surface area (Å²) in [6.07, 6.45) is 4.64. The molecule has 2 heterocycles. The Morgan fingerprint density at radius 3 is 2.44 bits per heavy atom. The number of piperidine rings is 1. The maximum absolute atomic E-state index is 12.9. The normalized spacial score (nSPS) is 18.5. The Balaban J connectivity index is 1.21. The highest BCUT2D eigenvalue weighted by molar-refractivity contribution is 7.89. The molecule has 0 radical (unpaired) electrons. The van der Waals surface area contributed by atoms with Gasteiger partial charge in [-0.1, -0.05) is 24.1 Å². The largest absolute Gasteiger partial charge is 0.342 e. The summed E-state index contributed by atoms with van der Waals surface area (Å²) in [5.74, 6) is 1.30. The van der Waals surface area contributed by atoms with Crippen LogP contribution in [0.15, 0.2) is 47.4 Å². The number of anilines is 1. The molecule has 168 valence electrons. The zero-order valence-corrected chi connectivity index (χ0v) is 19.0. The second-order valence-electron chi connectivity index (χ2n) is 8.96. The minimum atomic E-state index is -3.52. The van der Waals surface area contributed by atoms with E-state index in [0.29, 0.717) is 36.7 Å². The number of nitrogens with one attached hydrogen (secondary N) is 2. The average Bonchev–Trinajstić information content (AvgIpc) is 3.15. The van der Waals surface area contributed by atoms with Crippen molar-refractivity contribution in [1.82, 2.24) is 14.3 Å². The van der Waals surface area contributed by atoms with Crippen LogP contribution in [-0.2, 0) is 14.8 Å². The highest BCUT2D eigenvalue weighted by Gasteiger charge is 2.32. The number of aromatic nitrogens is 2. The smallest absolute Gasteiger partial charge is 0.243 e. The first-order valence-corrected chi connectivity index (χ1v) is 12.7. The van der Waals surface area contributed by atoms with E-state index in [0.717, 1.165) is 28.1 Å². The van der Waals surface area contributed by atoms with Crippen LogP contribution in [0.4, 0.5) is 5.69 Å². The molecule has 1 amide bonds. The molecule has 2 fully saturated rings. The maximum atomic E-state index is 12.9. The van der Waals surface area contributed by atoms with Crippen molar-refractivity contribution < 1.29 is 13.2 Å². The quantitative estimate of drug-likeness (QED) is 0.607. The molecule has 1 saturated carbocycles. The van der Waals surface area contributed by atoms with Crippen molar-refractivity contribution in [2.45, 2.75) is 49.8 Å². The van der Waals surface area contributed by atoms with E-state index >= 15 is 0 Å². The summed E-state index contributed by atoms with van der Waals surface area (Å²) in [7, 11) is -3.52. The Kier molecular flexibility index (Phi) is 5.51. The number of nitrogens with zero attached hydrogens (tertiary/aromatic N) is 2. The number of aromatic amines is 1. The number of imidazole rings is 1. The standard InChI is InChI=1S/C24H28N4O3S/c1-16-5-8-20(9-6-16)32(30,31)28-13-11-18(12-14-28)24(29)25-19-7-10-21-22(15-19)27-23(26-21)17-3-2-4-17/h5-10,15,17-18H,2-4,11-14H2,1H3,(H,25,29)(H,26,27). The number of fused-ring (bicyclic) bond motifs is 1. The van der Waals surface area contributed by atoms with Gasteiger partial charge in [0.25, 0.3) is 0 Å². The Morgan fingerprint density at radius 2 is 1.78 bits per heavy atom. The Labute approximate surface area is 188 Å². The third-order valence-corrected chi connectivity index (χ3v) is 8.66. The van der Waals surface area contributed by atoms with Gasteiger partial charge in [-0.25, -0.2) is 13.4 Å². The molecule has 3 aromatic rings. The molecule has 0 spiro atoms. The summed E-state index contributed by atoms with van der Waals surface area (Å²) >= 11 is 0. The summed E-state index contributed by atoms with van der Waals surface area (Å²) in [5.41, 5.74) is 3.61. The van der Waals surface area contributed by atoms with Crippen molar-refractivity contribution >= 4 is 32.7 Å². The molecule has 1 aromatic heterocycles. The van der Waals surface area contributed by atoms with Crippen LogP contribution in [0, 0.1) is 12.8 Å². The second-order valence-corrected chi connectivity index (χ2v) is 10.9. The molecular formula is C24H28N4O3S. The zero-order valence-electron chi connectivity index (χ0n) is 18.2. The lowest BCUT2D eigenvalue weighted by Gasteiger charge is -2.30. The predicted molar refractivity (Wildman–Crippen MR) is 124 cm³/mol. The number of H-pyrrole nitrogens is 1. The van der Waals surface area contributed by atoms with E-state index in [-0.39, 0.29) is 11.8 Å². The second kappa shape index (κ2) is 8.33. The van der Waals surface area contributed by atoms with Gasteiger partial charge in [0, 0.05) is 30.6 Å². The topological polar surface area (TPSA) is 95.2 Å². The van der Waals surface area contributed by atoms with Crippen molar-refractivity contribution in [3.8, 4) is 0 Å². The number of aryl methyl sites for hydroxylation is 1. The Bertz CT molecular complexity index is 1240. The van der Waals surface area contributed by atoms with Crippen molar-refractivity contribution in [2.24, 2.45) is 5.92 Å². The van der Waals surface area contributed by atoms with Crippen LogP contribution < -0.4 is 5.32 Å². The Morgan fingerprint density at radius 1 is 1.06 bits per heavy atom. The van der Waals surface area contributed by atoms with E-state index in [1.807, 2.05) is 25.1 Å². The predicted octanol–water partition coefficient (Wildman–Crippen LogP) is 4.18. The molecule has 2 N–H and O–H groups in total. The number of rotatable bonds is 5. The highest BCUT2D eigenvalue weighted by Crippen LogP contribution is 2.35. The monoisotopic (exact) mass is 452 g/mol. The number of amides is 1. The summed E-state index contributed by atoms with van der Waals surface area (Å²) in [6.45, 7) is 2.62. The van der Waals surface area contributed by atoms with Gasteiger partial charge in [-0.3, -0.25) is 4.79 Å². The van der Waals surface area contributed by atoms with E-state index in [2.05, 4.69) is 15.3 Å². The van der Waals surface area contributed by atoms with Gasteiger partial charge < -0.3 is 10.3 Å². The minimum absolute atomic E-state index is 0.0598.